The Hall–Kier alpha value is -2.31. The molecule has 136 valence electrons. The Bertz CT molecular complexity index is 749. The van der Waals surface area contributed by atoms with Crippen molar-refractivity contribution in [3.05, 3.63) is 71.3 Å². The zero-order valence-corrected chi connectivity index (χ0v) is 15.5. The summed E-state index contributed by atoms with van der Waals surface area (Å²) in [4.78, 5) is 24.1. The fraction of sp³-hybridized carbons (Fsp3) is 0.300. The third kappa shape index (κ3) is 5.34. The van der Waals surface area contributed by atoms with Crippen LogP contribution < -0.4 is 16.0 Å². The first-order valence-corrected chi connectivity index (χ1v) is 9.69. The Balaban J connectivity index is 1.46. The molecule has 2 aromatic carbocycles. The van der Waals surface area contributed by atoms with Crippen LogP contribution in [0.5, 0.6) is 0 Å². The average Bonchev–Trinajstić information content (AvgIpc) is 2.66. The highest BCUT2D eigenvalue weighted by Crippen LogP contribution is 2.23. The van der Waals surface area contributed by atoms with E-state index < -0.39 is 0 Å². The molecule has 1 aliphatic rings. The van der Waals surface area contributed by atoms with Gasteiger partial charge in [-0.2, -0.15) is 0 Å². The van der Waals surface area contributed by atoms with Crippen LogP contribution in [-0.2, 0) is 16.1 Å². The predicted molar refractivity (Wildman–Crippen MR) is 104 cm³/mol. The lowest BCUT2D eigenvalue weighted by atomic mass is 10.0. The summed E-state index contributed by atoms with van der Waals surface area (Å²) < 4.78 is 0. The van der Waals surface area contributed by atoms with Crippen molar-refractivity contribution in [2.75, 3.05) is 5.75 Å². The van der Waals surface area contributed by atoms with E-state index in [9.17, 15) is 9.59 Å². The van der Waals surface area contributed by atoms with Crippen LogP contribution in [0, 0.1) is 6.92 Å². The molecule has 1 aliphatic heterocycles. The van der Waals surface area contributed by atoms with Gasteiger partial charge in [0.05, 0.1) is 5.75 Å². The average molecular weight is 369 g/mol. The zero-order chi connectivity index (χ0) is 18.4. The van der Waals surface area contributed by atoms with Crippen molar-refractivity contribution in [2.24, 2.45) is 0 Å². The van der Waals surface area contributed by atoms with E-state index in [2.05, 4.69) is 16.0 Å². The van der Waals surface area contributed by atoms with E-state index in [1.54, 1.807) is 0 Å². The van der Waals surface area contributed by atoms with E-state index >= 15 is 0 Å². The SMILES string of the molecule is Cc1ccc(CNC(=O)CSC2NC(=O)CC(c3ccccc3)N2)cc1. The summed E-state index contributed by atoms with van der Waals surface area (Å²) in [7, 11) is 0. The van der Waals surface area contributed by atoms with Gasteiger partial charge in [-0.3, -0.25) is 14.9 Å². The Morgan fingerprint density at radius 1 is 1.15 bits per heavy atom. The van der Waals surface area contributed by atoms with Crippen LogP contribution >= 0.6 is 11.8 Å². The Kier molecular flexibility index (Phi) is 6.30. The highest BCUT2D eigenvalue weighted by Gasteiger charge is 2.27. The van der Waals surface area contributed by atoms with Gasteiger partial charge in [0.1, 0.15) is 5.50 Å². The second-order valence-electron chi connectivity index (χ2n) is 6.35. The first-order valence-electron chi connectivity index (χ1n) is 8.64. The molecule has 5 nitrogen and oxygen atoms in total. The molecule has 6 heteroatoms. The molecule has 0 aromatic heterocycles. The fourth-order valence-electron chi connectivity index (χ4n) is 2.78. The van der Waals surface area contributed by atoms with Crippen molar-refractivity contribution >= 4 is 23.6 Å². The van der Waals surface area contributed by atoms with Crippen LogP contribution in [-0.4, -0.2) is 23.1 Å². The fourth-order valence-corrected chi connectivity index (χ4v) is 3.68. The summed E-state index contributed by atoms with van der Waals surface area (Å²) in [6.07, 6.45) is 0.403. The van der Waals surface area contributed by atoms with E-state index in [0.717, 1.165) is 11.1 Å². The molecule has 2 unspecified atom stereocenters. The maximum Gasteiger partial charge on any atom is 0.230 e. The summed E-state index contributed by atoms with van der Waals surface area (Å²) in [5.74, 6) is 0.231. The number of hydrogen-bond donors (Lipinski definition) is 3. The van der Waals surface area contributed by atoms with Crippen molar-refractivity contribution < 1.29 is 9.59 Å². The maximum atomic E-state index is 12.1. The third-order valence-electron chi connectivity index (χ3n) is 4.23. The lowest BCUT2D eigenvalue weighted by Gasteiger charge is -2.31. The highest BCUT2D eigenvalue weighted by atomic mass is 32.2. The molecule has 0 bridgehead atoms. The number of nitrogens with one attached hydrogen (secondary N) is 3. The van der Waals surface area contributed by atoms with Gasteiger partial charge in [0, 0.05) is 19.0 Å². The van der Waals surface area contributed by atoms with Crippen molar-refractivity contribution in [2.45, 2.75) is 31.4 Å². The van der Waals surface area contributed by atoms with Crippen LogP contribution in [0.4, 0.5) is 0 Å². The molecule has 0 aliphatic carbocycles. The molecular weight excluding hydrogens is 346 g/mol. The van der Waals surface area contributed by atoms with Crippen molar-refractivity contribution in [3.8, 4) is 0 Å². The molecule has 1 saturated heterocycles. The van der Waals surface area contributed by atoms with Crippen LogP contribution in [0.25, 0.3) is 0 Å². The normalized spacial score (nSPS) is 19.7. The molecule has 1 fully saturated rings. The van der Waals surface area contributed by atoms with Crippen molar-refractivity contribution in [1.82, 2.24) is 16.0 Å². The van der Waals surface area contributed by atoms with Gasteiger partial charge in [-0.05, 0) is 18.1 Å². The van der Waals surface area contributed by atoms with Gasteiger partial charge in [0.2, 0.25) is 11.8 Å². The number of thioether (sulfide) groups is 1. The summed E-state index contributed by atoms with van der Waals surface area (Å²) >= 11 is 1.39. The quantitative estimate of drug-likeness (QED) is 0.732. The van der Waals surface area contributed by atoms with Crippen LogP contribution in [0.15, 0.2) is 54.6 Å². The first kappa shape index (κ1) is 18.5. The number of aryl methyl sites for hydroxylation is 1. The van der Waals surface area contributed by atoms with Gasteiger partial charge in [0.15, 0.2) is 0 Å². The standard InChI is InChI=1S/C20H23N3O2S/c1-14-7-9-15(10-8-14)12-21-19(25)13-26-20-22-17(11-18(24)23-20)16-5-3-2-4-6-16/h2-10,17,20,22H,11-13H2,1H3,(H,21,25)(H,23,24). The minimum absolute atomic E-state index is 0.00448. The van der Waals surface area contributed by atoms with Crippen LogP contribution in [0.1, 0.15) is 29.2 Å². The van der Waals surface area contributed by atoms with E-state index in [4.69, 9.17) is 0 Å². The largest absolute Gasteiger partial charge is 0.351 e. The molecule has 3 N–H and O–H groups in total. The summed E-state index contributed by atoms with van der Waals surface area (Å²) in [6, 6.07) is 17.9. The third-order valence-corrected chi connectivity index (χ3v) is 5.24. The molecule has 26 heavy (non-hydrogen) atoms. The number of rotatable bonds is 6. The van der Waals surface area contributed by atoms with Crippen molar-refractivity contribution in [3.63, 3.8) is 0 Å². The van der Waals surface area contributed by atoms with Gasteiger partial charge >= 0.3 is 0 Å². The van der Waals surface area contributed by atoms with E-state index in [1.165, 1.54) is 17.3 Å². The number of amides is 2. The van der Waals surface area contributed by atoms with Crippen LogP contribution in [0.3, 0.4) is 0 Å². The lowest BCUT2D eigenvalue weighted by Crippen LogP contribution is -2.51. The Labute approximate surface area is 157 Å². The predicted octanol–water partition coefficient (Wildman–Crippen LogP) is 2.48. The molecule has 1 heterocycles. The minimum atomic E-state index is -0.272. The molecular formula is C20H23N3O2S. The molecule has 0 radical (unpaired) electrons. The summed E-state index contributed by atoms with van der Waals surface area (Å²) in [6.45, 7) is 2.55. The minimum Gasteiger partial charge on any atom is -0.351 e. The Morgan fingerprint density at radius 3 is 2.62 bits per heavy atom. The lowest BCUT2D eigenvalue weighted by molar-refractivity contribution is -0.123. The zero-order valence-electron chi connectivity index (χ0n) is 14.7. The van der Waals surface area contributed by atoms with Crippen LogP contribution in [0.2, 0.25) is 0 Å². The van der Waals surface area contributed by atoms with Gasteiger partial charge in [0.25, 0.3) is 0 Å². The number of hydrogen-bond acceptors (Lipinski definition) is 4. The molecule has 2 aromatic rings. The van der Waals surface area contributed by atoms with Gasteiger partial charge < -0.3 is 10.6 Å². The molecule has 0 spiro atoms. The maximum absolute atomic E-state index is 12.1. The molecule has 3 rings (SSSR count). The summed E-state index contributed by atoms with van der Waals surface area (Å²) in [5.41, 5.74) is 3.08. The van der Waals surface area contributed by atoms with E-state index in [0.29, 0.717) is 13.0 Å². The second-order valence-corrected chi connectivity index (χ2v) is 7.45. The molecule has 2 amide bonds. The van der Waals surface area contributed by atoms with E-state index in [1.807, 2.05) is 61.5 Å². The number of benzene rings is 2. The molecule has 0 saturated carbocycles. The van der Waals surface area contributed by atoms with Gasteiger partial charge in [-0.25, -0.2) is 0 Å². The second kappa shape index (κ2) is 8.87. The van der Waals surface area contributed by atoms with Gasteiger partial charge in [-0.15, -0.1) is 11.8 Å². The van der Waals surface area contributed by atoms with Crippen molar-refractivity contribution in [1.29, 1.82) is 0 Å². The highest BCUT2D eigenvalue weighted by molar-refractivity contribution is 8.00. The number of carbonyl (C=O) groups is 2. The monoisotopic (exact) mass is 369 g/mol. The first-order chi connectivity index (χ1) is 12.6. The topological polar surface area (TPSA) is 70.2 Å². The summed E-state index contributed by atoms with van der Waals surface area (Å²) in [5, 5.41) is 9.18. The van der Waals surface area contributed by atoms with E-state index in [-0.39, 0.29) is 29.1 Å². The van der Waals surface area contributed by atoms with Gasteiger partial charge in [-0.1, -0.05) is 60.2 Å². The Morgan fingerprint density at radius 2 is 1.88 bits per heavy atom. The number of carbonyl (C=O) groups excluding carboxylic acids is 2. The molecule has 2 atom stereocenters. The smallest absolute Gasteiger partial charge is 0.230 e.